The maximum atomic E-state index is 12.9. The number of para-hydroxylation sites is 1. The van der Waals surface area contributed by atoms with E-state index in [1.807, 2.05) is 66.4 Å². The van der Waals surface area contributed by atoms with Crippen LogP contribution in [0.1, 0.15) is 35.7 Å². The molecule has 2 aromatic carbocycles. The fourth-order valence-corrected chi connectivity index (χ4v) is 3.64. The van der Waals surface area contributed by atoms with Gasteiger partial charge in [-0.15, -0.1) is 0 Å². The largest absolute Gasteiger partial charge is 0.489 e. The quantitative estimate of drug-likeness (QED) is 0.767. The van der Waals surface area contributed by atoms with Gasteiger partial charge >= 0.3 is 0 Å². The van der Waals surface area contributed by atoms with E-state index in [1.54, 1.807) is 0 Å². The van der Waals surface area contributed by atoms with Crippen LogP contribution in [0.3, 0.4) is 0 Å². The van der Waals surface area contributed by atoms with Gasteiger partial charge in [0.15, 0.2) is 0 Å². The Hall–Kier alpha value is -2.86. The van der Waals surface area contributed by atoms with Crippen LogP contribution in [0.25, 0.3) is 0 Å². The number of ether oxygens (including phenoxy) is 1. The molecule has 1 saturated carbocycles. The van der Waals surface area contributed by atoms with Crippen molar-refractivity contribution in [2.45, 2.75) is 38.5 Å². The lowest BCUT2D eigenvalue weighted by atomic mass is 10.1. The Bertz CT molecular complexity index is 857. The average molecular weight is 408 g/mol. The van der Waals surface area contributed by atoms with Crippen molar-refractivity contribution in [3.05, 3.63) is 65.7 Å². The normalized spacial score (nSPS) is 18.0. The fraction of sp³-hybridized carbons (Fsp3) is 0.417. The highest BCUT2D eigenvalue weighted by molar-refractivity contribution is 5.94. The first kappa shape index (κ1) is 20.4. The molecule has 2 amide bonds. The molecule has 0 radical (unpaired) electrons. The molecular weight excluding hydrogens is 378 g/mol. The molecule has 6 nitrogen and oxygen atoms in total. The third-order valence-corrected chi connectivity index (χ3v) is 5.80. The third kappa shape index (κ3) is 5.19. The Balaban J connectivity index is 1.26. The molecule has 6 heteroatoms. The highest BCUT2D eigenvalue weighted by Crippen LogP contribution is 2.19. The molecule has 30 heavy (non-hydrogen) atoms. The highest BCUT2D eigenvalue weighted by Gasteiger charge is 2.31. The van der Waals surface area contributed by atoms with Gasteiger partial charge in [0.05, 0.1) is 6.04 Å². The molecule has 2 aromatic rings. The molecule has 2 fully saturated rings. The minimum Gasteiger partial charge on any atom is -0.489 e. The molecular formula is C24H29N3O3. The van der Waals surface area contributed by atoms with Gasteiger partial charge in [-0.05, 0) is 49.6 Å². The van der Waals surface area contributed by atoms with E-state index < -0.39 is 0 Å². The Morgan fingerprint density at radius 2 is 1.67 bits per heavy atom. The number of benzene rings is 2. The Morgan fingerprint density at radius 1 is 1.00 bits per heavy atom. The lowest BCUT2D eigenvalue weighted by Crippen LogP contribution is -2.55. The van der Waals surface area contributed by atoms with Gasteiger partial charge in [0.1, 0.15) is 12.4 Å². The molecule has 1 atom stereocenters. The summed E-state index contributed by atoms with van der Waals surface area (Å²) in [7, 11) is 0. The van der Waals surface area contributed by atoms with Crippen LogP contribution in [0.15, 0.2) is 54.6 Å². The summed E-state index contributed by atoms with van der Waals surface area (Å²) in [6, 6.07) is 17.5. The zero-order valence-corrected chi connectivity index (χ0v) is 17.4. The van der Waals surface area contributed by atoms with E-state index >= 15 is 0 Å². The first-order valence-corrected chi connectivity index (χ1v) is 10.7. The Kier molecular flexibility index (Phi) is 6.33. The summed E-state index contributed by atoms with van der Waals surface area (Å²) in [6.07, 6.45) is 2.19. The van der Waals surface area contributed by atoms with E-state index in [4.69, 9.17) is 4.74 Å². The summed E-state index contributed by atoms with van der Waals surface area (Å²) in [5.74, 6) is 0.974. The van der Waals surface area contributed by atoms with Crippen LogP contribution < -0.4 is 10.1 Å². The number of nitrogens with one attached hydrogen (secondary N) is 1. The predicted octanol–water partition coefficient (Wildman–Crippen LogP) is 2.69. The minimum absolute atomic E-state index is 0.0419. The SMILES string of the molecule is CC(C(=O)NC1CC1)N1CCN(C(=O)c2ccc(COc3ccccc3)cc2)CC1. The van der Waals surface area contributed by atoms with Gasteiger partial charge < -0.3 is 15.0 Å². The third-order valence-electron chi connectivity index (χ3n) is 5.80. The maximum Gasteiger partial charge on any atom is 0.253 e. The van der Waals surface area contributed by atoms with E-state index in [2.05, 4.69) is 10.2 Å². The highest BCUT2D eigenvalue weighted by atomic mass is 16.5. The Labute approximate surface area is 177 Å². The van der Waals surface area contributed by atoms with Crippen molar-refractivity contribution in [1.29, 1.82) is 0 Å². The molecule has 0 bridgehead atoms. The van der Waals surface area contributed by atoms with Gasteiger partial charge in [0.25, 0.3) is 5.91 Å². The zero-order valence-electron chi connectivity index (χ0n) is 17.4. The molecule has 0 aromatic heterocycles. The molecule has 2 aliphatic rings. The van der Waals surface area contributed by atoms with Crippen molar-refractivity contribution in [3.8, 4) is 5.75 Å². The number of hydrogen-bond acceptors (Lipinski definition) is 4. The number of rotatable bonds is 7. The van der Waals surface area contributed by atoms with E-state index in [-0.39, 0.29) is 17.9 Å². The van der Waals surface area contributed by atoms with Gasteiger partial charge in [0, 0.05) is 37.8 Å². The van der Waals surface area contributed by atoms with Gasteiger partial charge in [-0.2, -0.15) is 0 Å². The van der Waals surface area contributed by atoms with Crippen LogP contribution in [-0.2, 0) is 11.4 Å². The van der Waals surface area contributed by atoms with Crippen LogP contribution in [0.5, 0.6) is 5.75 Å². The van der Waals surface area contributed by atoms with Crippen LogP contribution in [0.4, 0.5) is 0 Å². The standard InChI is InChI=1S/C24H29N3O3/c1-18(23(28)25-21-11-12-21)26-13-15-27(16-14-26)24(29)20-9-7-19(8-10-20)17-30-22-5-3-2-4-6-22/h2-10,18,21H,11-17H2,1H3,(H,25,28). The van der Waals surface area contributed by atoms with Crippen molar-refractivity contribution < 1.29 is 14.3 Å². The molecule has 158 valence electrons. The maximum absolute atomic E-state index is 12.9. The molecule has 1 saturated heterocycles. The molecule has 1 unspecified atom stereocenters. The van der Waals surface area contributed by atoms with Gasteiger partial charge in [-0.25, -0.2) is 0 Å². The van der Waals surface area contributed by atoms with Crippen molar-refractivity contribution in [1.82, 2.24) is 15.1 Å². The topological polar surface area (TPSA) is 61.9 Å². The van der Waals surface area contributed by atoms with Gasteiger partial charge in [-0.1, -0.05) is 30.3 Å². The summed E-state index contributed by atoms with van der Waals surface area (Å²) in [5, 5.41) is 3.07. The van der Waals surface area contributed by atoms with Crippen molar-refractivity contribution in [3.63, 3.8) is 0 Å². The van der Waals surface area contributed by atoms with Gasteiger partial charge in [-0.3, -0.25) is 14.5 Å². The number of nitrogens with zero attached hydrogens (tertiary/aromatic N) is 2. The Morgan fingerprint density at radius 3 is 2.30 bits per heavy atom. The molecule has 1 heterocycles. The number of carbonyl (C=O) groups excluding carboxylic acids is 2. The minimum atomic E-state index is -0.147. The summed E-state index contributed by atoms with van der Waals surface area (Å²) in [4.78, 5) is 29.1. The second-order valence-electron chi connectivity index (χ2n) is 8.09. The summed E-state index contributed by atoms with van der Waals surface area (Å²) < 4.78 is 5.76. The van der Waals surface area contributed by atoms with E-state index in [0.29, 0.717) is 44.4 Å². The van der Waals surface area contributed by atoms with Gasteiger partial charge in [0.2, 0.25) is 5.91 Å². The second kappa shape index (κ2) is 9.30. The average Bonchev–Trinajstić information content (AvgIpc) is 3.62. The van der Waals surface area contributed by atoms with Crippen LogP contribution >= 0.6 is 0 Å². The molecule has 1 N–H and O–H groups in total. The van der Waals surface area contributed by atoms with Crippen molar-refractivity contribution in [2.24, 2.45) is 0 Å². The summed E-state index contributed by atoms with van der Waals surface area (Å²) in [5.41, 5.74) is 1.71. The van der Waals surface area contributed by atoms with Crippen LogP contribution in [0, 0.1) is 0 Å². The van der Waals surface area contributed by atoms with Crippen molar-refractivity contribution >= 4 is 11.8 Å². The first-order valence-electron chi connectivity index (χ1n) is 10.7. The fourth-order valence-electron chi connectivity index (χ4n) is 3.64. The molecule has 4 rings (SSSR count). The first-order chi connectivity index (χ1) is 14.6. The number of amides is 2. The number of hydrogen-bond donors (Lipinski definition) is 1. The zero-order chi connectivity index (χ0) is 20.9. The lowest BCUT2D eigenvalue weighted by molar-refractivity contribution is -0.126. The van der Waals surface area contributed by atoms with Crippen molar-refractivity contribution in [2.75, 3.05) is 26.2 Å². The van der Waals surface area contributed by atoms with Crippen LogP contribution in [-0.4, -0.2) is 59.9 Å². The van der Waals surface area contributed by atoms with E-state index in [0.717, 1.165) is 24.2 Å². The van der Waals surface area contributed by atoms with E-state index in [9.17, 15) is 9.59 Å². The van der Waals surface area contributed by atoms with Crippen LogP contribution in [0.2, 0.25) is 0 Å². The summed E-state index contributed by atoms with van der Waals surface area (Å²) >= 11 is 0. The van der Waals surface area contributed by atoms with E-state index in [1.165, 1.54) is 0 Å². The lowest BCUT2D eigenvalue weighted by Gasteiger charge is -2.37. The predicted molar refractivity (Wildman–Crippen MR) is 115 cm³/mol. The number of piperazine rings is 1. The second-order valence-corrected chi connectivity index (χ2v) is 8.09. The molecule has 0 spiro atoms. The summed E-state index contributed by atoms with van der Waals surface area (Å²) in [6.45, 7) is 5.13. The molecule has 1 aliphatic heterocycles. The molecule has 1 aliphatic carbocycles. The number of carbonyl (C=O) groups is 2. The monoisotopic (exact) mass is 407 g/mol. The smallest absolute Gasteiger partial charge is 0.253 e.